The highest BCUT2D eigenvalue weighted by Crippen LogP contribution is 2.21. The molecule has 5 heteroatoms. The molecule has 1 saturated carbocycles. The van der Waals surface area contributed by atoms with Gasteiger partial charge in [0.05, 0.1) is 4.90 Å². The number of anilines is 1. The van der Waals surface area contributed by atoms with Crippen molar-refractivity contribution in [2.75, 3.05) is 11.9 Å². The molecule has 0 bridgehead atoms. The molecule has 1 fully saturated rings. The van der Waals surface area contributed by atoms with E-state index in [9.17, 15) is 8.42 Å². The Kier molecular flexibility index (Phi) is 6.06. The van der Waals surface area contributed by atoms with Crippen LogP contribution in [0.2, 0.25) is 0 Å². The van der Waals surface area contributed by atoms with E-state index in [2.05, 4.69) is 10.0 Å². The summed E-state index contributed by atoms with van der Waals surface area (Å²) in [5.41, 5.74) is 1.01. The molecule has 0 amide bonds. The Morgan fingerprint density at radius 2 is 1.57 bits per heavy atom. The Hall–Kier alpha value is -1.07. The van der Waals surface area contributed by atoms with Gasteiger partial charge in [-0.25, -0.2) is 13.1 Å². The molecule has 0 spiro atoms. The van der Waals surface area contributed by atoms with Gasteiger partial charge in [0, 0.05) is 18.3 Å². The van der Waals surface area contributed by atoms with Crippen molar-refractivity contribution in [1.82, 2.24) is 4.72 Å². The van der Waals surface area contributed by atoms with Crippen LogP contribution in [0.4, 0.5) is 5.69 Å². The molecule has 1 aromatic rings. The number of hydrogen-bond donors (Lipinski definition) is 2. The van der Waals surface area contributed by atoms with Gasteiger partial charge in [-0.2, -0.15) is 0 Å². The van der Waals surface area contributed by atoms with Crippen LogP contribution in [0.15, 0.2) is 29.2 Å². The molecular formula is C16H26N2O2S. The van der Waals surface area contributed by atoms with Crippen molar-refractivity contribution in [3.63, 3.8) is 0 Å². The standard InChI is InChI=1S/C16H26N2O2S/c1-2-17-21(19,20)16-12-10-15(11-13-16)18-14-8-6-4-3-5-7-9-14/h10-14,17-18H,2-9H2,1H3. The van der Waals surface area contributed by atoms with Crippen molar-refractivity contribution in [3.8, 4) is 0 Å². The van der Waals surface area contributed by atoms with Gasteiger partial charge >= 0.3 is 0 Å². The van der Waals surface area contributed by atoms with E-state index in [-0.39, 0.29) is 0 Å². The van der Waals surface area contributed by atoms with Gasteiger partial charge < -0.3 is 5.32 Å². The lowest BCUT2D eigenvalue weighted by molar-refractivity contribution is 0.471. The Bertz CT molecular complexity index is 518. The third kappa shape index (κ3) is 5.00. The molecule has 0 aromatic heterocycles. The predicted octanol–water partition coefficient (Wildman–Crippen LogP) is 3.51. The van der Waals surface area contributed by atoms with E-state index in [4.69, 9.17) is 0 Å². The first-order chi connectivity index (χ1) is 10.1. The maximum absolute atomic E-state index is 11.9. The molecule has 1 aliphatic carbocycles. The van der Waals surface area contributed by atoms with Gasteiger partial charge in [0.1, 0.15) is 0 Å². The summed E-state index contributed by atoms with van der Waals surface area (Å²) in [6, 6.07) is 7.58. The lowest BCUT2D eigenvalue weighted by atomic mass is 9.96. The van der Waals surface area contributed by atoms with Gasteiger partial charge in [-0.3, -0.25) is 0 Å². The van der Waals surface area contributed by atoms with E-state index in [1.165, 1.54) is 44.9 Å². The van der Waals surface area contributed by atoms with Gasteiger partial charge in [-0.1, -0.05) is 39.0 Å². The predicted molar refractivity (Wildman–Crippen MR) is 87.0 cm³/mol. The molecule has 1 aliphatic rings. The minimum Gasteiger partial charge on any atom is -0.382 e. The van der Waals surface area contributed by atoms with Crippen molar-refractivity contribution in [2.45, 2.75) is 62.8 Å². The fourth-order valence-electron chi connectivity index (χ4n) is 2.84. The summed E-state index contributed by atoms with van der Waals surface area (Å²) in [4.78, 5) is 0.326. The maximum atomic E-state index is 11.9. The summed E-state index contributed by atoms with van der Waals surface area (Å²) >= 11 is 0. The van der Waals surface area contributed by atoms with Crippen molar-refractivity contribution in [1.29, 1.82) is 0 Å². The summed E-state index contributed by atoms with van der Waals surface area (Å²) in [5, 5.41) is 3.54. The Morgan fingerprint density at radius 3 is 2.14 bits per heavy atom. The molecule has 0 aliphatic heterocycles. The highest BCUT2D eigenvalue weighted by Gasteiger charge is 2.14. The van der Waals surface area contributed by atoms with Crippen LogP contribution in [0.25, 0.3) is 0 Å². The third-order valence-electron chi connectivity index (χ3n) is 3.97. The van der Waals surface area contributed by atoms with Crippen LogP contribution in [0.3, 0.4) is 0 Å². The molecule has 0 heterocycles. The number of hydrogen-bond acceptors (Lipinski definition) is 3. The smallest absolute Gasteiger partial charge is 0.240 e. The molecule has 2 N–H and O–H groups in total. The molecule has 0 saturated heterocycles. The van der Waals surface area contributed by atoms with Crippen molar-refractivity contribution in [2.24, 2.45) is 0 Å². The van der Waals surface area contributed by atoms with Crippen LogP contribution in [0.5, 0.6) is 0 Å². The van der Waals surface area contributed by atoms with Gasteiger partial charge in [0.25, 0.3) is 0 Å². The quantitative estimate of drug-likeness (QED) is 0.875. The summed E-state index contributed by atoms with van der Waals surface area (Å²) in [6.07, 6.45) is 9.00. The molecule has 0 unspecified atom stereocenters. The second-order valence-electron chi connectivity index (χ2n) is 5.71. The fourth-order valence-corrected chi connectivity index (χ4v) is 3.88. The monoisotopic (exact) mass is 310 g/mol. The summed E-state index contributed by atoms with van der Waals surface area (Å²) < 4.78 is 26.3. The highest BCUT2D eigenvalue weighted by molar-refractivity contribution is 7.89. The second kappa shape index (κ2) is 7.80. The Labute approximate surface area is 128 Å². The highest BCUT2D eigenvalue weighted by atomic mass is 32.2. The third-order valence-corrected chi connectivity index (χ3v) is 5.54. The van der Waals surface area contributed by atoms with Crippen LogP contribution in [-0.2, 0) is 10.0 Å². The van der Waals surface area contributed by atoms with Crippen LogP contribution in [0, 0.1) is 0 Å². The molecule has 118 valence electrons. The maximum Gasteiger partial charge on any atom is 0.240 e. The molecule has 21 heavy (non-hydrogen) atoms. The zero-order valence-electron chi connectivity index (χ0n) is 12.8. The second-order valence-corrected chi connectivity index (χ2v) is 7.48. The van der Waals surface area contributed by atoms with E-state index in [0.717, 1.165) is 5.69 Å². The van der Waals surface area contributed by atoms with E-state index < -0.39 is 10.0 Å². The van der Waals surface area contributed by atoms with Gasteiger partial charge in [-0.15, -0.1) is 0 Å². The molecule has 0 radical (unpaired) electrons. The summed E-state index contributed by atoms with van der Waals surface area (Å²) in [6.45, 7) is 2.19. The molecular weight excluding hydrogens is 284 g/mol. The zero-order chi connectivity index (χ0) is 15.1. The zero-order valence-corrected chi connectivity index (χ0v) is 13.6. The topological polar surface area (TPSA) is 58.2 Å². The number of sulfonamides is 1. The molecule has 0 atom stereocenters. The van der Waals surface area contributed by atoms with Crippen LogP contribution >= 0.6 is 0 Å². The van der Waals surface area contributed by atoms with Crippen LogP contribution < -0.4 is 10.0 Å². The Balaban J connectivity index is 1.98. The first kappa shape index (κ1) is 16.3. The summed E-state index contributed by atoms with van der Waals surface area (Å²) in [5.74, 6) is 0. The van der Waals surface area contributed by atoms with Gasteiger partial charge in [0.15, 0.2) is 0 Å². The van der Waals surface area contributed by atoms with Crippen molar-refractivity contribution < 1.29 is 8.42 Å². The van der Waals surface area contributed by atoms with Crippen molar-refractivity contribution in [3.05, 3.63) is 24.3 Å². The van der Waals surface area contributed by atoms with E-state index >= 15 is 0 Å². The number of nitrogens with one attached hydrogen (secondary N) is 2. The lowest BCUT2D eigenvalue weighted by Crippen LogP contribution is -2.23. The Morgan fingerprint density at radius 1 is 1.00 bits per heavy atom. The minimum absolute atomic E-state index is 0.326. The molecule has 4 nitrogen and oxygen atoms in total. The average Bonchev–Trinajstić information content (AvgIpc) is 2.42. The number of rotatable bonds is 5. The molecule has 2 rings (SSSR count). The fraction of sp³-hybridized carbons (Fsp3) is 0.625. The summed E-state index contributed by atoms with van der Waals surface area (Å²) in [7, 11) is -3.35. The van der Waals surface area contributed by atoms with Crippen LogP contribution in [-0.4, -0.2) is 21.0 Å². The van der Waals surface area contributed by atoms with E-state index in [1.54, 1.807) is 19.1 Å². The van der Waals surface area contributed by atoms with Gasteiger partial charge in [-0.05, 0) is 37.1 Å². The molecule has 1 aromatic carbocycles. The SMILES string of the molecule is CCNS(=O)(=O)c1ccc(NC2CCCCCCC2)cc1. The van der Waals surface area contributed by atoms with E-state index in [0.29, 0.717) is 17.5 Å². The first-order valence-corrected chi connectivity index (χ1v) is 9.46. The first-order valence-electron chi connectivity index (χ1n) is 7.98. The van der Waals surface area contributed by atoms with E-state index in [1.807, 2.05) is 12.1 Å². The van der Waals surface area contributed by atoms with Crippen molar-refractivity contribution >= 4 is 15.7 Å². The number of benzene rings is 1. The largest absolute Gasteiger partial charge is 0.382 e. The average molecular weight is 310 g/mol. The van der Waals surface area contributed by atoms with Gasteiger partial charge in [0.2, 0.25) is 10.0 Å². The minimum atomic E-state index is -3.35. The lowest BCUT2D eigenvalue weighted by Gasteiger charge is -2.22. The van der Waals surface area contributed by atoms with Crippen LogP contribution in [0.1, 0.15) is 51.9 Å². The normalized spacial score (nSPS) is 18.0.